The molecule has 4 heteroatoms. The number of rotatable bonds is 2. The van der Waals surface area contributed by atoms with Crippen molar-refractivity contribution in [1.82, 2.24) is 19.3 Å². The molecule has 0 N–H and O–H groups in total. The second kappa shape index (κ2) is 3.38. The number of allylic oxidation sites excluding steroid dienone is 1. The van der Waals surface area contributed by atoms with Crippen LogP contribution in [0.3, 0.4) is 0 Å². The number of hydrogen-bond acceptors (Lipinski definition) is 3. The molecule has 0 atom stereocenters. The van der Waals surface area contributed by atoms with Gasteiger partial charge in [-0.2, -0.15) is 0 Å². The first-order valence-electron chi connectivity index (χ1n) is 6.84. The lowest BCUT2D eigenvalue weighted by atomic mass is 10.1. The lowest BCUT2D eigenvalue weighted by molar-refractivity contribution is 0.311. The van der Waals surface area contributed by atoms with E-state index in [9.17, 15) is 0 Å². The van der Waals surface area contributed by atoms with Crippen LogP contribution in [-0.4, -0.2) is 19.3 Å². The molecule has 19 heavy (non-hydrogen) atoms. The molecule has 2 aliphatic rings. The van der Waals surface area contributed by atoms with Crippen molar-refractivity contribution in [2.24, 2.45) is 5.41 Å². The molecule has 0 saturated heterocycles. The van der Waals surface area contributed by atoms with Crippen molar-refractivity contribution >= 4 is 5.65 Å². The Bertz CT molecular complexity index is 693. The molecule has 1 saturated carbocycles. The number of imidazole rings is 1. The Labute approximate surface area is 112 Å². The van der Waals surface area contributed by atoms with Crippen molar-refractivity contribution in [3.63, 3.8) is 0 Å². The molecular weight excluding hydrogens is 236 g/mol. The maximum Gasteiger partial charge on any atom is 0.156 e. The highest BCUT2D eigenvalue weighted by Crippen LogP contribution is 2.52. The molecule has 4 rings (SSSR count). The largest absolute Gasteiger partial charge is 0.365 e. The van der Waals surface area contributed by atoms with Crippen molar-refractivity contribution in [2.75, 3.05) is 0 Å². The number of aryl methyl sites for hydroxylation is 1. The van der Waals surface area contributed by atoms with Gasteiger partial charge in [-0.25, -0.2) is 9.97 Å². The molecule has 1 fully saturated rings. The van der Waals surface area contributed by atoms with Crippen LogP contribution in [0.4, 0.5) is 0 Å². The molecule has 0 radical (unpaired) electrons. The minimum Gasteiger partial charge on any atom is -0.365 e. The molecule has 2 aromatic rings. The van der Waals surface area contributed by atoms with Gasteiger partial charge in [-0.15, -0.1) is 0 Å². The van der Waals surface area contributed by atoms with Gasteiger partial charge in [0.1, 0.15) is 5.82 Å². The first kappa shape index (κ1) is 11.0. The van der Waals surface area contributed by atoms with Crippen LogP contribution in [0.25, 0.3) is 5.65 Å². The molecule has 1 aliphatic heterocycles. The molecule has 2 aromatic heterocycles. The third-order valence-electron chi connectivity index (χ3n) is 4.69. The molecule has 0 unspecified atom stereocenters. The zero-order valence-electron chi connectivity index (χ0n) is 11.5. The van der Waals surface area contributed by atoms with Crippen LogP contribution in [-0.2, 0) is 13.1 Å². The molecule has 4 nitrogen and oxygen atoms in total. The minimum atomic E-state index is 0.346. The summed E-state index contributed by atoms with van der Waals surface area (Å²) in [5, 5.41) is 0. The van der Waals surface area contributed by atoms with Crippen molar-refractivity contribution in [2.45, 2.75) is 39.8 Å². The van der Waals surface area contributed by atoms with Crippen molar-refractivity contribution in [3.05, 3.63) is 41.8 Å². The van der Waals surface area contributed by atoms with E-state index in [1.807, 2.05) is 19.3 Å². The zero-order chi connectivity index (χ0) is 13.2. The molecule has 0 aromatic carbocycles. The second-order valence-electron chi connectivity index (χ2n) is 6.09. The van der Waals surface area contributed by atoms with E-state index in [-0.39, 0.29) is 0 Å². The van der Waals surface area contributed by atoms with Gasteiger partial charge in [-0.3, -0.25) is 4.40 Å². The Hall–Kier alpha value is -1.84. The van der Waals surface area contributed by atoms with Crippen molar-refractivity contribution in [3.8, 4) is 0 Å². The fourth-order valence-corrected chi connectivity index (χ4v) is 3.01. The van der Waals surface area contributed by atoms with Crippen LogP contribution >= 0.6 is 0 Å². The van der Waals surface area contributed by atoms with Gasteiger partial charge in [0.2, 0.25) is 0 Å². The maximum atomic E-state index is 4.49. The SMILES string of the molecule is C=C(N1Cc2cnc3cnc(C)n3c2C1)C1(C)CC1. The van der Waals surface area contributed by atoms with E-state index in [0.29, 0.717) is 5.41 Å². The predicted octanol–water partition coefficient (Wildman–Crippen LogP) is 2.67. The summed E-state index contributed by atoms with van der Waals surface area (Å²) in [5.74, 6) is 1.02. The van der Waals surface area contributed by atoms with Gasteiger partial charge >= 0.3 is 0 Å². The highest BCUT2D eigenvalue weighted by Gasteiger charge is 2.43. The normalized spacial score (nSPS) is 19.8. The van der Waals surface area contributed by atoms with E-state index in [2.05, 4.69) is 32.8 Å². The summed E-state index contributed by atoms with van der Waals surface area (Å²) in [6.07, 6.45) is 6.39. The fraction of sp³-hybridized carbons (Fsp3) is 0.467. The molecular formula is C15H18N4. The van der Waals surface area contributed by atoms with Gasteiger partial charge in [0.05, 0.1) is 18.4 Å². The number of nitrogens with zero attached hydrogens (tertiary/aromatic N) is 4. The molecule has 98 valence electrons. The lowest BCUT2D eigenvalue weighted by Gasteiger charge is -2.25. The van der Waals surface area contributed by atoms with Crippen molar-refractivity contribution < 1.29 is 0 Å². The Morgan fingerprint density at radius 2 is 2.05 bits per heavy atom. The second-order valence-corrected chi connectivity index (χ2v) is 6.09. The number of aromatic nitrogens is 3. The lowest BCUT2D eigenvalue weighted by Crippen LogP contribution is -2.20. The topological polar surface area (TPSA) is 33.4 Å². The highest BCUT2D eigenvalue weighted by atomic mass is 15.2. The average molecular weight is 254 g/mol. The number of hydrogen-bond donors (Lipinski definition) is 0. The monoisotopic (exact) mass is 254 g/mol. The summed E-state index contributed by atoms with van der Waals surface area (Å²) in [6.45, 7) is 10.5. The maximum absolute atomic E-state index is 4.49. The molecule has 1 aliphatic carbocycles. The van der Waals surface area contributed by atoms with Crippen LogP contribution < -0.4 is 0 Å². The van der Waals surface area contributed by atoms with E-state index >= 15 is 0 Å². The molecule has 0 bridgehead atoms. The summed E-state index contributed by atoms with van der Waals surface area (Å²) >= 11 is 0. The van der Waals surface area contributed by atoms with E-state index < -0.39 is 0 Å². The van der Waals surface area contributed by atoms with E-state index in [0.717, 1.165) is 24.6 Å². The van der Waals surface area contributed by atoms with Gasteiger partial charge in [-0.1, -0.05) is 13.5 Å². The van der Waals surface area contributed by atoms with Crippen LogP contribution in [0.2, 0.25) is 0 Å². The first-order valence-corrected chi connectivity index (χ1v) is 6.84. The average Bonchev–Trinajstić information content (AvgIpc) is 2.87. The first-order chi connectivity index (χ1) is 9.08. The third kappa shape index (κ3) is 1.46. The van der Waals surface area contributed by atoms with E-state index in [1.165, 1.54) is 29.8 Å². The summed E-state index contributed by atoms with van der Waals surface area (Å²) < 4.78 is 2.18. The summed E-state index contributed by atoms with van der Waals surface area (Å²) in [4.78, 5) is 11.3. The van der Waals surface area contributed by atoms with Gasteiger partial charge < -0.3 is 4.90 Å². The van der Waals surface area contributed by atoms with E-state index in [1.54, 1.807) is 0 Å². The van der Waals surface area contributed by atoms with Crippen LogP contribution in [0.15, 0.2) is 24.7 Å². The smallest absolute Gasteiger partial charge is 0.156 e. The predicted molar refractivity (Wildman–Crippen MR) is 73.5 cm³/mol. The van der Waals surface area contributed by atoms with Crippen LogP contribution in [0.1, 0.15) is 36.8 Å². The summed E-state index contributed by atoms with van der Waals surface area (Å²) in [6, 6.07) is 0. The van der Waals surface area contributed by atoms with Crippen molar-refractivity contribution in [1.29, 1.82) is 0 Å². The Balaban J connectivity index is 1.75. The van der Waals surface area contributed by atoms with Gasteiger partial charge in [0.15, 0.2) is 5.65 Å². The fourth-order valence-electron chi connectivity index (χ4n) is 3.01. The summed E-state index contributed by atoms with van der Waals surface area (Å²) in [5.41, 5.74) is 5.21. The van der Waals surface area contributed by atoms with Crippen LogP contribution in [0.5, 0.6) is 0 Å². The highest BCUT2D eigenvalue weighted by molar-refractivity contribution is 5.43. The molecule has 3 heterocycles. The molecule has 0 amide bonds. The Morgan fingerprint density at radius 1 is 1.26 bits per heavy atom. The van der Waals surface area contributed by atoms with E-state index in [4.69, 9.17) is 0 Å². The van der Waals surface area contributed by atoms with Crippen LogP contribution in [0, 0.1) is 12.3 Å². The Morgan fingerprint density at radius 3 is 2.79 bits per heavy atom. The standard InChI is InChI=1S/C15H18N4/c1-10(15(3)4-5-15)18-8-12-6-17-14-7-16-11(2)19(14)13(12)9-18/h6-7H,1,4-5,8-9H2,2-3H3. The van der Waals surface area contributed by atoms with Gasteiger partial charge in [0.25, 0.3) is 0 Å². The minimum absolute atomic E-state index is 0.346. The quantitative estimate of drug-likeness (QED) is 0.826. The number of fused-ring (bicyclic) bond motifs is 3. The molecule has 0 spiro atoms. The zero-order valence-corrected chi connectivity index (χ0v) is 11.5. The van der Waals surface area contributed by atoms with Gasteiger partial charge in [0, 0.05) is 29.4 Å². The van der Waals surface area contributed by atoms with Gasteiger partial charge in [-0.05, 0) is 19.8 Å². The third-order valence-corrected chi connectivity index (χ3v) is 4.69. The summed E-state index contributed by atoms with van der Waals surface area (Å²) in [7, 11) is 0. The Kier molecular flexibility index (Phi) is 1.96.